The third-order valence-corrected chi connectivity index (χ3v) is 5.87. The summed E-state index contributed by atoms with van der Waals surface area (Å²) in [6.45, 7) is 5.75. The molecule has 4 rings (SSSR count). The van der Waals surface area contributed by atoms with Crippen molar-refractivity contribution in [2.75, 3.05) is 18.0 Å². The highest BCUT2D eigenvalue weighted by molar-refractivity contribution is 5.99. The maximum absolute atomic E-state index is 15.1. The summed E-state index contributed by atoms with van der Waals surface area (Å²) >= 11 is 0. The third kappa shape index (κ3) is 2.95. The monoisotopic (exact) mass is 343 g/mol. The van der Waals surface area contributed by atoms with Gasteiger partial charge in [0.25, 0.3) is 0 Å². The fourth-order valence-electron chi connectivity index (χ4n) is 4.31. The molecule has 1 aromatic rings. The van der Waals surface area contributed by atoms with E-state index in [0.29, 0.717) is 29.8 Å². The molecule has 1 heterocycles. The summed E-state index contributed by atoms with van der Waals surface area (Å²) in [5.41, 5.74) is 10.6. The predicted octanol–water partition coefficient (Wildman–Crippen LogP) is 2.99. The standard InChI is InChI=1S/C20H26FN3O/c1-11-8-15-16(20(22)25)9-17(21)19(18(15)12(11)2)24-7-3-4-14(10-24)23-13-5-6-13/h9,13-14,23H,3-8,10H2,1-2H3,(H2,22,25)/t14-/m0/s1. The summed E-state index contributed by atoms with van der Waals surface area (Å²) in [5.74, 6) is -0.871. The molecule has 5 heteroatoms. The normalized spacial score (nSPS) is 23.2. The highest BCUT2D eigenvalue weighted by atomic mass is 19.1. The molecule has 0 bridgehead atoms. The van der Waals surface area contributed by atoms with Crippen LogP contribution in [0.1, 0.15) is 61.0 Å². The van der Waals surface area contributed by atoms with Crippen molar-refractivity contribution in [2.24, 2.45) is 5.73 Å². The van der Waals surface area contributed by atoms with Crippen LogP contribution in [0.4, 0.5) is 10.1 Å². The van der Waals surface area contributed by atoms with Crippen molar-refractivity contribution >= 4 is 17.2 Å². The van der Waals surface area contributed by atoms with E-state index in [0.717, 1.165) is 42.6 Å². The van der Waals surface area contributed by atoms with Gasteiger partial charge in [-0.25, -0.2) is 4.39 Å². The van der Waals surface area contributed by atoms with Gasteiger partial charge in [-0.15, -0.1) is 0 Å². The molecule has 0 unspecified atom stereocenters. The molecule has 3 N–H and O–H groups in total. The van der Waals surface area contributed by atoms with Crippen molar-refractivity contribution < 1.29 is 9.18 Å². The molecule has 1 amide bonds. The molecule has 2 aliphatic carbocycles. The van der Waals surface area contributed by atoms with E-state index in [1.54, 1.807) is 0 Å². The van der Waals surface area contributed by atoms with Crippen LogP contribution in [0.5, 0.6) is 0 Å². The van der Waals surface area contributed by atoms with E-state index in [-0.39, 0.29) is 5.82 Å². The SMILES string of the molecule is CC1=C(C)c2c(c(C(N)=O)cc(F)c2N2CCC[C@H](NC3CC3)C2)C1. The molecule has 1 saturated carbocycles. The van der Waals surface area contributed by atoms with Crippen LogP contribution in [0.25, 0.3) is 5.57 Å². The summed E-state index contributed by atoms with van der Waals surface area (Å²) in [7, 11) is 0. The van der Waals surface area contributed by atoms with Gasteiger partial charge in [0.05, 0.1) is 5.69 Å². The van der Waals surface area contributed by atoms with Crippen LogP contribution in [-0.2, 0) is 6.42 Å². The number of nitrogens with two attached hydrogens (primary N) is 1. The lowest BCUT2D eigenvalue weighted by Gasteiger charge is -2.36. The number of carbonyl (C=O) groups is 1. The minimum atomic E-state index is -0.545. The number of anilines is 1. The van der Waals surface area contributed by atoms with E-state index >= 15 is 4.39 Å². The van der Waals surface area contributed by atoms with E-state index in [2.05, 4.69) is 17.1 Å². The minimum Gasteiger partial charge on any atom is -0.367 e. The van der Waals surface area contributed by atoms with E-state index in [9.17, 15) is 4.79 Å². The molecule has 1 aromatic carbocycles. The Balaban J connectivity index is 1.74. The fraction of sp³-hybridized carbons (Fsp3) is 0.550. The molecule has 134 valence electrons. The lowest BCUT2D eigenvalue weighted by atomic mass is 9.95. The van der Waals surface area contributed by atoms with Gasteiger partial charge in [0.2, 0.25) is 5.91 Å². The van der Waals surface area contributed by atoms with Gasteiger partial charge in [-0.3, -0.25) is 4.79 Å². The Morgan fingerprint density at radius 1 is 1.28 bits per heavy atom. The number of hydrogen-bond acceptors (Lipinski definition) is 3. The number of hydrogen-bond donors (Lipinski definition) is 2. The first-order chi connectivity index (χ1) is 12.0. The van der Waals surface area contributed by atoms with E-state index in [1.807, 2.05) is 6.92 Å². The molecule has 4 nitrogen and oxygen atoms in total. The van der Waals surface area contributed by atoms with Gasteiger partial charge < -0.3 is 16.0 Å². The molecule has 2 fully saturated rings. The first-order valence-corrected chi connectivity index (χ1v) is 9.28. The third-order valence-electron chi connectivity index (χ3n) is 5.87. The Kier molecular flexibility index (Phi) is 4.07. The van der Waals surface area contributed by atoms with Crippen LogP contribution in [-0.4, -0.2) is 31.1 Å². The minimum absolute atomic E-state index is 0.325. The highest BCUT2D eigenvalue weighted by Crippen LogP contribution is 2.43. The lowest BCUT2D eigenvalue weighted by molar-refractivity contribution is 0.0999. The van der Waals surface area contributed by atoms with Crippen LogP contribution in [0.2, 0.25) is 0 Å². The van der Waals surface area contributed by atoms with Gasteiger partial charge in [-0.1, -0.05) is 5.57 Å². The van der Waals surface area contributed by atoms with E-state index < -0.39 is 5.91 Å². The number of allylic oxidation sites excluding steroid dienone is 2. The Bertz CT molecular complexity index is 767. The Labute approximate surface area is 148 Å². The van der Waals surface area contributed by atoms with Crippen molar-refractivity contribution in [2.45, 2.75) is 58.0 Å². The Hall–Kier alpha value is -1.88. The summed E-state index contributed by atoms with van der Waals surface area (Å²) in [6, 6.07) is 2.42. The molecule has 1 aliphatic heterocycles. The zero-order chi connectivity index (χ0) is 17.7. The predicted molar refractivity (Wildman–Crippen MR) is 98.3 cm³/mol. The smallest absolute Gasteiger partial charge is 0.249 e. The van der Waals surface area contributed by atoms with Gasteiger partial charge in [-0.05, 0) is 63.2 Å². The number of fused-ring (bicyclic) bond motifs is 1. The van der Waals surface area contributed by atoms with Crippen LogP contribution in [0.3, 0.4) is 0 Å². The van der Waals surface area contributed by atoms with Crippen LogP contribution >= 0.6 is 0 Å². The van der Waals surface area contributed by atoms with E-state index in [1.165, 1.54) is 24.5 Å². The van der Waals surface area contributed by atoms with Crippen molar-refractivity contribution in [3.63, 3.8) is 0 Å². The summed E-state index contributed by atoms with van der Waals surface area (Å²) in [4.78, 5) is 14.0. The zero-order valence-electron chi connectivity index (χ0n) is 15.0. The second kappa shape index (κ2) is 6.13. The number of amides is 1. The van der Waals surface area contributed by atoms with Crippen molar-refractivity contribution in [1.82, 2.24) is 5.32 Å². The highest BCUT2D eigenvalue weighted by Gasteiger charge is 2.33. The van der Waals surface area contributed by atoms with Crippen molar-refractivity contribution in [3.05, 3.63) is 34.1 Å². The maximum Gasteiger partial charge on any atom is 0.249 e. The largest absolute Gasteiger partial charge is 0.367 e. The molecule has 0 aromatic heterocycles. The quantitative estimate of drug-likeness (QED) is 0.884. The maximum atomic E-state index is 15.1. The molecule has 25 heavy (non-hydrogen) atoms. The molecule has 0 spiro atoms. The topological polar surface area (TPSA) is 58.4 Å². The Morgan fingerprint density at radius 3 is 2.72 bits per heavy atom. The summed E-state index contributed by atoms with van der Waals surface area (Å²) < 4.78 is 15.1. The number of halogens is 1. The van der Waals surface area contributed by atoms with Crippen molar-refractivity contribution in [3.8, 4) is 0 Å². The summed E-state index contributed by atoms with van der Waals surface area (Å²) in [5, 5.41) is 3.68. The number of primary amides is 1. The van der Waals surface area contributed by atoms with Crippen molar-refractivity contribution in [1.29, 1.82) is 0 Å². The van der Waals surface area contributed by atoms with Crippen LogP contribution in [0.15, 0.2) is 11.6 Å². The lowest BCUT2D eigenvalue weighted by Crippen LogP contribution is -2.47. The second-order valence-corrected chi connectivity index (χ2v) is 7.78. The van der Waals surface area contributed by atoms with Gasteiger partial charge in [0.15, 0.2) is 0 Å². The number of benzene rings is 1. The van der Waals surface area contributed by atoms with Gasteiger partial charge in [-0.2, -0.15) is 0 Å². The molecular formula is C20H26FN3O. The van der Waals surface area contributed by atoms with Gasteiger partial charge in [0.1, 0.15) is 5.82 Å². The van der Waals surface area contributed by atoms with Gasteiger partial charge in [0, 0.05) is 36.3 Å². The fourth-order valence-corrected chi connectivity index (χ4v) is 4.31. The Morgan fingerprint density at radius 2 is 2.04 bits per heavy atom. The molecule has 1 atom stereocenters. The second-order valence-electron chi connectivity index (χ2n) is 7.78. The average molecular weight is 343 g/mol. The first kappa shape index (κ1) is 16.6. The number of carbonyl (C=O) groups excluding carboxylic acids is 1. The van der Waals surface area contributed by atoms with Crippen LogP contribution in [0, 0.1) is 5.82 Å². The van der Waals surface area contributed by atoms with Crippen LogP contribution < -0.4 is 16.0 Å². The molecular weight excluding hydrogens is 317 g/mol. The number of nitrogens with one attached hydrogen (secondary N) is 1. The first-order valence-electron chi connectivity index (χ1n) is 9.28. The number of nitrogens with zero attached hydrogens (tertiary/aromatic N) is 1. The number of piperidine rings is 1. The molecule has 3 aliphatic rings. The number of rotatable bonds is 4. The van der Waals surface area contributed by atoms with Gasteiger partial charge >= 0.3 is 0 Å². The van der Waals surface area contributed by atoms with E-state index in [4.69, 9.17) is 5.73 Å². The molecule has 1 saturated heterocycles. The average Bonchev–Trinajstić information content (AvgIpc) is 3.33. The summed E-state index contributed by atoms with van der Waals surface area (Å²) in [6.07, 6.45) is 5.40. The molecule has 0 radical (unpaired) electrons. The zero-order valence-corrected chi connectivity index (χ0v) is 15.0.